The number of piperazine rings is 1. The van der Waals surface area contributed by atoms with Crippen LogP contribution in [0.2, 0.25) is 0 Å². The van der Waals surface area contributed by atoms with Crippen molar-refractivity contribution in [2.24, 2.45) is 0 Å². The van der Waals surface area contributed by atoms with Gasteiger partial charge in [0.2, 0.25) is 0 Å². The molecule has 0 bridgehead atoms. The Bertz CT molecular complexity index is 102. The standard InChI is InChI=1S/C6H12N2S2.2ClH/c1-2-8-6-4-10-9-3-5(6)7-1;;/h5-8H,1-4H2;2*1H/t5-,6-;;/m1../s1. The Balaban J connectivity index is 0.000000605. The number of hydrogen-bond acceptors (Lipinski definition) is 4. The van der Waals surface area contributed by atoms with Crippen LogP contribution in [0.5, 0.6) is 0 Å². The first kappa shape index (κ1) is 13.2. The maximum Gasteiger partial charge on any atom is 0.0329 e. The molecule has 2 nitrogen and oxygen atoms in total. The third-order valence-electron chi connectivity index (χ3n) is 2.00. The lowest BCUT2D eigenvalue weighted by Crippen LogP contribution is -2.59. The molecule has 0 aliphatic carbocycles. The molecule has 0 aromatic carbocycles. The molecule has 0 aromatic heterocycles. The van der Waals surface area contributed by atoms with Crippen molar-refractivity contribution in [2.75, 3.05) is 24.6 Å². The molecular weight excluding hydrogens is 235 g/mol. The summed E-state index contributed by atoms with van der Waals surface area (Å²) in [6.07, 6.45) is 0. The highest BCUT2D eigenvalue weighted by Gasteiger charge is 2.27. The monoisotopic (exact) mass is 248 g/mol. The zero-order valence-electron chi connectivity index (χ0n) is 6.62. The van der Waals surface area contributed by atoms with Gasteiger partial charge in [-0.15, -0.1) is 24.8 Å². The molecule has 2 N–H and O–H groups in total. The molecule has 12 heavy (non-hydrogen) atoms. The molecule has 0 saturated carbocycles. The Labute approximate surface area is 93.6 Å². The van der Waals surface area contributed by atoms with E-state index in [1.807, 2.05) is 21.6 Å². The Morgan fingerprint density at radius 2 is 1.25 bits per heavy atom. The summed E-state index contributed by atoms with van der Waals surface area (Å²) in [6.45, 7) is 2.29. The third-order valence-corrected chi connectivity index (χ3v) is 4.48. The fourth-order valence-electron chi connectivity index (χ4n) is 1.39. The highest BCUT2D eigenvalue weighted by atomic mass is 35.5. The van der Waals surface area contributed by atoms with Crippen molar-refractivity contribution >= 4 is 46.4 Å². The molecule has 2 saturated heterocycles. The van der Waals surface area contributed by atoms with Crippen molar-refractivity contribution in [2.45, 2.75) is 12.1 Å². The number of nitrogens with one attached hydrogen (secondary N) is 2. The van der Waals surface area contributed by atoms with E-state index in [2.05, 4.69) is 10.6 Å². The van der Waals surface area contributed by atoms with Crippen LogP contribution < -0.4 is 10.6 Å². The van der Waals surface area contributed by atoms with E-state index in [1.54, 1.807) is 0 Å². The average Bonchev–Trinajstić information content (AvgIpc) is 2.05. The van der Waals surface area contributed by atoms with Crippen LogP contribution in [0.1, 0.15) is 0 Å². The SMILES string of the molecule is C1CN[C@@H]2CSSC[C@H]2N1.Cl.Cl. The molecule has 0 amide bonds. The summed E-state index contributed by atoms with van der Waals surface area (Å²) < 4.78 is 0. The summed E-state index contributed by atoms with van der Waals surface area (Å²) in [5, 5.41) is 7.05. The van der Waals surface area contributed by atoms with E-state index in [0.717, 1.165) is 25.2 Å². The normalized spacial score (nSPS) is 34.0. The molecule has 0 spiro atoms. The van der Waals surface area contributed by atoms with Crippen LogP contribution in [0, 0.1) is 0 Å². The maximum atomic E-state index is 3.52. The first-order chi connectivity index (χ1) is 4.97. The van der Waals surface area contributed by atoms with Gasteiger partial charge in [0, 0.05) is 36.7 Å². The quantitative estimate of drug-likeness (QED) is 0.629. The van der Waals surface area contributed by atoms with Crippen LogP contribution in [0.15, 0.2) is 0 Å². The van der Waals surface area contributed by atoms with Crippen molar-refractivity contribution in [1.82, 2.24) is 10.6 Å². The van der Waals surface area contributed by atoms with E-state index in [0.29, 0.717) is 0 Å². The van der Waals surface area contributed by atoms with Gasteiger partial charge in [0.05, 0.1) is 0 Å². The van der Waals surface area contributed by atoms with Crippen molar-refractivity contribution < 1.29 is 0 Å². The maximum absolute atomic E-state index is 3.52. The zero-order valence-corrected chi connectivity index (χ0v) is 9.88. The van der Waals surface area contributed by atoms with Gasteiger partial charge >= 0.3 is 0 Å². The minimum absolute atomic E-state index is 0. The summed E-state index contributed by atoms with van der Waals surface area (Å²) in [5.74, 6) is 2.53. The molecule has 2 atom stereocenters. The number of rotatable bonds is 0. The summed E-state index contributed by atoms with van der Waals surface area (Å²) in [4.78, 5) is 0. The fraction of sp³-hybridized carbons (Fsp3) is 1.00. The molecule has 2 rings (SSSR count). The molecule has 2 heterocycles. The Kier molecular flexibility index (Phi) is 7.29. The van der Waals surface area contributed by atoms with Gasteiger partial charge in [-0.25, -0.2) is 0 Å². The molecule has 2 aliphatic rings. The van der Waals surface area contributed by atoms with E-state index in [1.165, 1.54) is 11.5 Å². The number of hydrogen-bond donors (Lipinski definition) is 2. The molecule has 6 heteroatoms. The molecule has 0 radical (unpaired) electrons. The third kappa shape index (κ3) is 3.16. The smallest absolute Gasteiger partial charge is 0.0329 e. The second-order valence-electron chi connectivity index (χ2n) is 2.69. The molecule has 0 unspecified atom stereocenters. The van der Waals surface area contributed by atoms with Crippen LogP contribution >= 0.6 is 46.4 Å². The zero-order chi connectivity index (χ0) is 6.81. The average molecular weight is 249 g/mol. The number of fused-ring (bicyclic) bond motifs is 1. The van der Waals surface area contributed by atoms with Crippen LogP contribution in [-0.4, -0.2) is 36.7 Å². The first-order valence-electron chi connectivity index (χ1n) is 3.68. The van der Waals surface area contributed by atoms with Gasteiger partial charge in [0.15, 0.2) is 0 Å². The second kappa shape index (κ2) is 6.62. The summed E-state index contributed by atoms with van der Waals surface area (Å²) in [7, 11) is 3.99. The predicted molar refractivity (Wildman–Crippen MR) is 63.0 cm³/mol. The van der Waals surface area contributed by atoms with Gasteiger partial charge in [-0.3, -0.25) is 0 Å². The van der Waals surface area contributed by atoms with Gasteiger partial charge in [0.1, 0.15) is 0 Å². The Hall–Kier alpha value is 1.20. The van der Waals surface area contributed by atoms with Gasteiger partial charge in [-0.2, -0.15) is 0 Å². The summed E-state index contributed by atoms with van der Waals surface area (Å²) in [5.41, 5.74) is 0. The van der Waals surface area contributed by atoms with E-state index in [9.17, 15) is 0 Å². The topological polar surface area (TPSA) is 24.1 Å². The molecular formula is C6H14Cl2N2S2. The lowest BCUT2D eigenvalue weighted by atomic mass is 10.1. The van der Waals surface area contributed by atoms with E-state index >= 15 is 0 Å². The van der Waals surface area contributed by atoms with E-state index < -0.39 is 0 Å². The second-order valence-corrected chi connectivity index (χ2v) is 5.24. The highest BCUT2D eigenvalue weighted by Crippen LogP contribution is 2.30. The lowest BCUT2D eigenvalue weighted by molar-refractivity contribution is 0.365. The lowest BCUT2D eigenvalue weighted by Gasteiger charge is -2.36. The minimum atomic E-state index is 0. The molecule has 0 aromatic rings. The van der Waals surface area contributed by atoms with Crippen LogP contribution in [0.25, 0.3) is 0 Å². The van der Waals surface area contributed by atoms with Crippen molar-refractivity contribution in [3.8, 4) is 0 Å². The van der Waals surface area contributed by atoms with Crippen molar-refractivity contribution in [3.63, 3.8) is 0 Å². The Morgan fingerprint density at radius 3 is 1.67 bits per heavy atom. The highest BCUT2D eigenvalue weighted by molar-refractivity contribution is 8.76. The summed E-state index contributed by atoms with van der Waals surface area (Å²) >= 11 is 0. The van der Waals surface area contributed by atoms with Gasteiger partial charge in [-0.1, -0.05) is 21.6 Å². The molecule has 2 aliphatic heterocycles. The largest absolute Gasteiger partial charge is 0.310 e. The van der Waals surface area contributed by atoms with Crippen LogP contribution in [0.4, 0.5) is 0 Å². The van der Waals surface area contributed by atoms with E-state index in [4.69, 9.17) is 0 Å². The van der Waals surface area contributed by atoms with Gasteiger partial charge in [-0.05, 0) is 0 Å². The van der Waals surface area contributed by atoms with Crippen LogP contribution in [0.3, 0.4) is 0 Å². The minimum Gasteiger partial charge on any atom is -0.310 e. The molecule has 2 fully saturated rings. The van der Waals surface area contributed by atoms with Crippen molar-refractivity contribution in [3.05, 3.63) is 0 Å². The predicted octanol–water partition coefficient (Wildman–Crippen LogP) is 1.15. The Morgan fingerprint density at radius 1 is 0.833 bits per heavy atom. The first-order valence-corrected chi connectivity index (χ1v) is 6.17. The number of halogens is 2. The summed E-state index contributed by atoms with van der Waals surface area (Å²) in [6, 6.07) is 1.47. The van der Waals surface area contributed by atoms with E-state index in [-0.39, 0.29) is 24.8 Å². The van der Waals surface area contributed by atoms with Crippen LogP contribution in [-0.2, 0) is 0 Å². The van der Waals surface area contributed by atoms with Gasteiger partial charge in [0.25, 0.3) is 0 Å². The fourth-order valence-corrected chi connectivity index (χ4v) is 4.04. The van der Waals surface area contributed by atoms with Crippen molar-refractivity contribution in [1.29, 1.82) is 0 Å². The van der Waals surface area contributed by atoms with Gasteiger partial charge < -0.3 is 10.6 Å². The molecule has 74 valence electrons.